The minimum absolute atomic E-state index is 0.256. The molecule has 2 nitrogen and oxygen atoms in total. The van der Waals surface area contributed by atoms with Gasteiger partial charge in [0.15, 0.2) is 0 Å². The van der Waals surface area contributed by atoms with Crippen LogP contribution in [0, 0.1) is 6.92 Å². The Balaban J connectivity index is 2.21. The van der Waals surface area contributed by atoms with Crippen molar-refractivity contribution in [2.75, 3.05) is 11.1 Å². The van der Waals surface area contributed by atoms with Crippen LogP contribution < -0.4 is 11.1 Å². The Morgan fingerprint density at radius 2 is 1.89 bits per heavy atom. The highest BCUT2D eigenvalue weighted by Gasteiger charge is 2.09. The number of benzene rings is 2. The highest BCUT2D eigenvalue weighted by molar-refractivity contribution is 9.10. The van der Waals surface area contributed by atoms with Crippen molar-refractivity contribution in [3.05, 3.63) is 58.1 Å². The lowest BCUT2D eigenvalue weighted by atomic mass is 10.0. The van der Waals surface area contributed by atoms with Crippen LogP contribution in [0.15, 0.2) is 46.9 Å². The van der Waals surface area contributed by atoms with E-state index in [9.17, 15) is 0 Å². The van der Waals surface area contributed by atoms with Gasteiger partial charge in [-0.15, -0.1) is 0 Å². The molecule has 0 bridgehead atoms. The van der Waals surface area contributed by atoms with Crippen molar-refractivity contribution in [2.24, 2.45) is 0 Å². The number of hydrogen-bond acceptors (Lipinski definition) is 2. The molecule has 0 saturated carbocycles. The van der Waals surface area contributed by atoms with E-state index in [1.807, 2.05) is 18.2 Å². The molecule has 3 heteroatoms. The molecule has 18 heavy (non-hydrogen) atoms. The Labute approximate surface area is 116 Å². The number of nitrogen functional groups attached to an aromatic ring is 1. The molecule has 0 radical (unpaired) electrons. The third-order valence-corrected chi connectivity index (χ3v) is 3.68. The second kappa shape index (κ2) is 5.44. The van der Waals surface area contributed by atoms with Crippen LogP contribution in [0.2, 0.25) is 0 Å². The zero-order valence-corrected chi connectivity index (χ0v) is 12.2. The minimum Gasteiger partial charge on any atom is -0.399 e. The first kappa shape index (κ1) is 13.0. The largest absolute Gasteiger partial charge is 0.399 e. The van der Waals surface area contributed by atoms with Gasteiger partial charge in [-0.25, -0.2) is 0 Å². The van der Waals surface area contributed by atoms with E-state index >= 15 is 0 Å². The fourth-order valence-electron chi connectivity index (χ4n) is 2.03. The molecule has 2 aromatic carbocycles. The smallest absolute Gasteiger partial charge is 0.0490 e. The van der Waals surface area contributed by atoms with Crippen molar-refractivity contribution in [2.45, 2.75) is 19.9 Å². The molecule has 94 valence electrons. The van der Waals surface area contributed by atoms with Gasteiger partial charge in [0.05, 0.1) is 0 Å². The summed E-state index contributed by atoms with van der Waals surface area (Å²) >= 11 is 3.52. The number of halogens is 1. The van der Waals surface area contributed by atoms with Crippen LogP contribution in [0.25, 0.3) is 0 Å². The zero-order chi connectivity index (χ0) is 13.1. The second-order valence-corrected chi connectivity index (χ2v) is 5.32. The molecule has 0 aliphatic heterocycles. The summed E-state index contributed by atoms with van der Waals surface area (Å²) in [7, 11) is 0. The molecule has 0 saturated heterocycles. The lowest BCUT2D eigenvalue weighted by Gasteiger charge is -2.19. The number of aryl methyl sites for hydroxylation is 1. The summed E-state index contributed by atoms with van der Waals surface area (Å²) in [6, 6.07) is 14.5. The topological polar surface area (TPSA) is 38.0 Å². The van der Waals surface area contributed by atoms with Crippen LogP contribution in [-0.4, -0.2) is 0 Å². The van der Waals surface area contributed by atoms with Gasteiger partial charge in [0, 0.05) is 21.9 Å². The predicted octanol–water partition coefficient (Wildman–Crippen LogP) is 4.51. The third kappa shape index (κ3) is 2.85. The lowest BCUT2D eigenvalue weighted by molar-refractivity contribution is 0.873. The summed E-state index contributed by atoms with van der Waals surface area (Å²) in [6.07, 6.45) is 0. The number of nitrogens with two attached hydrogens (primary N) is 1. The minimum atomic E-state index is 0.256. The Morgan fingerprint density at radius 1 is 1.17 bits per heavy atom. The Bertz CT molecular complexity index is 552. The zero-order valence-electron chi connectivity index (χ0n) is 10.6. The van der Waals surface area contributed by atoms with Gasteiger partial charge in [0.2, 0.25) is 0 Å². The van der Waals surface area contributed by atoms with Gasteiger partial charge >= 0.3 is 0 Å². The molecule has 0 spiro atoms. The molecule has 1 unspecified atom stereocenters. The molecular formula is C15H17BrN2. The number of rotatable bonds is 3. The van der Waals surface area contributed by atoms with Gasteiger partial charge in [0.25, 0.3) is 0 Å². The number of hydrogen-bond donors (Lipinski definition) is 2. The summed E-state index contributed by atoms with van der Waals surface area (Å²) in [5.41, 5.74) is 10.2. The molecule has 0 amide bonds. The molecule has 0 aliphatic rings. The van der Waals surface area contributed by atoms with Gasteiger partial charge in [-0.3, -0.25) is 0 Å². The summed E-state index contributed by atoms with van der Waals surface area (Å²) in [4.78, 5) is 0. The monoisotopic (exact) mass is 304 g/mol. The van der Waals surface area contributed by atoms with E-state index in [0.29, 0.717) is 0 Å². The average molecular weight is 305 g/mol. The van der Waals surface area contributed by atoms with Gasteiger partial charge in [-0.2, -0.15) is 0 Å². The number of nitrogens with one attached hydrogen (secondary N) is 1. The van der Waals surface area contributed by atoms with E-state index in [1.54, 1.807) is 0 Å². The maximum atomic E-state index is 5.74. The highest BCUT2D eigenvalue weighted by atomic mass is 79.9. The maximum absolute atomic E-state index is 5.74. The lowest BCUT2D eigenvalue weighted by Crippen LogP contribution is -2.08. The third-order valence-electron chi connectivity index (χ3n) is 3.02. The predicted molar refractivity (Wildman–Crippen MR) is 81.8 cm³/mol. The number of anilines is 2. The van der Waals surface area contributed by atoms with E-state index in [1.165, 1.54) is 11.1 Å². The van der Waals surface area contributed by atoms with Gasteiger partial charge in [-0.1, -0.05) is 24.3 Å². The van der Waals surface area contributed by atoms with Crippen molar-refractivity contribution >= 4 is 27.3 Å². The summed E-state index contributed by atoms with van der Waals surface area (Å²) in [6.45, 7) is 4.29. The molecule has 1 atom stereocenters. The van der Waals surface area contributed by atoms with E-state index in [2.05, 4.69) is 59.4 Å². The van der Waals surface area contributed by atoms with E-state index in [0.717, 1.165) is 15.8 Å². The first-order valence-electron chi connectivity index (χ1n) is 5.95. The van der Waals surface area contributed by atoms with E-state index in [-0.39, 0.29) is 6.04 Å². The van der Waals surface area contributed by atoms with Crippen LogP contribution in [-0.2, 0) is 0 Å². The molecule has 0 heterocycles. The van der Waals surface area contributed by atoms with E-state index < -0.39 is 0 Å². The highest BCUT2D eigenvalue weighted by Crippen LogP contribution is 2.29. The molecule has 2 aromatic rings. The fraction of sp³-hybridized carbons (Fsp3) is 0.200. The first-order chi connectivity index (χ1) is 8.58. The first-order valence-corrected chi connectivity index (χ1v) is 6.74. The van der Waals surface area contributed by atoms with Crippen molar-refractivity contribution in [3.8, 4) is 0 Å². The standard InChI is InChI=1S/C15H17BrN2/c1-10-5-3-4-6-13(10)11(2)18-15-8-7-12(17)9-14(15)16/h3-9,11,18H,17H2,1-2H3. The van der Waals surface area contributed by atoms with Gasteiger partial charge < -0.3 is 11.1 Å². The van der Waals surface area contributed by atoms with Crippen molar-refractivity contribution in [1.29, 1.82) is 0 Å². The molecule has 0 aliphatic carbocycles. The molecule has 0 aromatic heterocycles. The van der Waals surface area contributed by atoms with Crippen molar-refractivity contribution < 1.29 is 0 Å². The average Bonchev–Trinajstić information content (AvgIpc) is 2.33. The Kier molecular flexibility index (Phi) is 3.92. The van der Waals surface area contributed by atoms with Crippen LogP contribution in [0.3, 0.4) is 0 Å². The van der Waals surface area contributed by atoms with Crippen LogP contribution >= 0.6 is 15.9 Å². The van der Waals surface area contributed by atoms with Gasteiger partial charge in [-0.05, 0) is 59.1 Å². The molecular weight excluding hydrogens is 288 g/mol. The Morgan fingerprint density at radius 3 is 2.56 bits per heavy atom. The van der Waals surface area contributed by atoms with E-state index in [4.69, 9.17) is 5.73 Å². The second-order valence-electron chi connectivity index (χ2n) is 4.46. The summed E-state index contributed by atoms with van der Waals surface area (Å²) in [5.74, 6) is 0. The summed E-state index contributed by atoms with van der Waals surface area (Å²) < 4.78 is 0.989. The quantitative estimate of drug-likeness (QED) is 0.819. The Hall–Kier alpha value is -1.48. The van der Waals surface area contributed by atoms with Crippen molar-refractivity contribution in [1.82, 2.24) is 0 Å². The van der Waals surface area contributed by atoms with Gasteiger partial charge in [0.1, 0.15) is 0 Å². The fourth-order valence-corrected chi connectivity index (χ4v) is 2.54. The maximum Gasteiger partial charge on any atom is 0.0490 e. The molecule has 2 rings (SSSR count). The normalized spacial score (nSPS) is 12.2. The van der Waals surface area contributed by atoms with Crippen LogP contribution in [0.5, 0.6) is 0 Å². The van der Waals surface area contributed by atoms with Crippen LogP contribution in [0.4, 0.5) is 11.4 Å². The SMILES string of the molecule is Cc1ccccc1C(C)Nc1ccc(N)cc1Br. The van der Waals surface area contributed by atoms with Crippen molar-refractivity contribution in [3.63, 3.8) is 0 Å². The summed E-state index contributed by atoms with van der Waals surface area (Å²) in [5, 5.41) is 3.49. The van der Waals surface area contributed by atoms with Crippen LogP contribution in [0.1, 0.15) is 24.1 Å². The molecule has 3 N–H and O–H groups in total. The molecule has 0 fully saturated rings.